The third kappa shape index (κ3) is 4.27. The highest BCUT2D eigenvalue weighted by Gasteiger charge is 2.37. The molecule has 6 nitrogen and oxygen atoms in total. The van der Waals surface area contributed by atoms with E-state index in [0.717, 1.165) is 18.0 Å². The molecule has 0 bridgehead atoms. The van der Waals surface area contributed by atoms with Gasteiger partial charge in [-0.05, 0) is 32.4 Å². The van der Waals surface area contributed by atoms with Crippen LogP contribution in [-0.2, 0) is 10.3 Å². The molecule has 0 aromatic carbocycles. The number of aromatic nitrogens is 2. The molecule has 8 heteroatoms. The van der Waals surface area contributed by atoms with Gasteiger partial charge < -0.3 is 15.0 Å². The molecule has 1 amide bonds. The Morgan fingerprint density at radius 3 is 2.85 bits per heavy atom. The van der Waals surface area contributed by atoms with Crippen molar-refractivity contribution in [1.29, 1.82) is 0 Å². The average Bonchev–Trinajstić information content (AvgIpc) is 3.00. The van der Waals surface area contributed by atoms with E-state index in [2.05, 4.69) is 15.6 Å². The summed E-state index contributed by atoms with van der Waals surface area (Å²) in [7, 11) is 0. The first kappa shape index (κ1) is 19.7. The fourth-order valence-corrected chi connectivity index (χ4v) is 3.62. The van der Waals surface area contributed by atoms with Crippen molar-refractivity contribution in [2.45, 2.75) is 45.2 Å². The zero-order valence-corrected chi connectivity index (χ0v) is 16.2. The Balaban J connectivity index is 1.81. The lowest BCUT2D eigenvalue weighted by atomic mass is 10.0. The van der Waals surface area contributed by atoms with Crippen LogP contribution in [0.15, 0.2) is 24.5 Å². The molecule has 0 aliphatic carbocycles. The Labute approximate surface area is 157 Å². The Morgan fingerprint density at radius 1 is 1.41 bits per heavy atom. The van der Waals surface area contributed by atoms with Crippen molar-refractivity contribution in [1.82, 2.24) is 24.9 Å². The lowest BCUT2D eigenvalue weighted by molar-refractivity contribution is -0.131. The molecular weight excluding hydrogens is 352 g/mol. The Bertz CT molecular complexity index is 827. The molecule has 3 heterocycles. The van der Waals surface area contributed by atoms with Crippen LogP contribution < -0.4 is 10.6 Å². The minimum atomic E-state index is -2.85. The van der Waals surface area contributed by atoms with E-state index in [4.69, 9.17) is 0 Å². The van der Waals surface area contributed by atoms with Gasteiger partial charge in [0.1, 0.15) is 11.9 Å². The predicted molar refractivity (Wildman–Crippen MR) is 99.9 cm³/mol. The van der Waals surface area contributed by atoms with Gasteiger partial charge in [-0.15, -0.1) is 0 Å². The van der Waals surface area contributed by atoms with E-state index >= 15 is 0 Å². The smallest absolute Gasteiger partial charge is 0.257 e. The second-order valence-electron chi connectivity index (χ2n) is 7.90. The molecule has 1 aliphatic rings. The molecule has 3 rings (SSSR count). The topological polar surface area (TPSA) is 61.7 Å². The summed E-state index contributed by atoms with van der Waals surface area (Å²) in [6.45, 7) is 7.54. The Kier molecular flexibility index (Phi) is 5.22. The van der Waals surface area contributed by atoms with E-state index in [1.807, 2.05) is 43.5 Å². The first-order valence-electron chi connectivity index (χ1n) is 9.16. The second kappa shape index (κ2) is 7.16. The van der Waals surface area contributed by atoms with E-state index < -0.39 is 24.0 Å². The normalized spacial score (nSPS) is 19.4. The number of aryl methyl sites for hydroxylation is 1. The third-order valence-corrected chi connectivity index (χ3v) is 4.91. The van der Waals surface area contributed by atoms with Crippen LogP contribution in [0, 0.1) is 6.92 Å². The zero-order chi connectivity index (χ0) is 19.8. The molecule has 1 atom stereocenters. The number of hydrogen-bond acceptors (Lipinski definition) is 4. The maximum atomic E-state index is 13.5. The number of alkyl halides is 2. The van der Waals surface area contributed by atoms with Crippen molar-refractivity contribution >= 4 is 11.4 Å². The lowest BCUT2D eigenvalue weighted by Gasteiger charge is -2.38. The van der Waals surface area contributed by atoms with Crippen LogP contribution >= 0.6 is 0 Å². The molecule has 1 saturated heterocycles. The van der Waals surface area contributed by atoms with Crippen molar-refractivity contribution in [3.8, 4) is 0 Å². The molecule has 2 N–H and O–H groups in total. The number of fused-ring (bicyclic) bond motifs is 1. The van der Waals surface area contributed by atoms with Gasteiger partial charge in [0, 0.05) is 32.8 Å². The number of rotatable bonds is 5. The number of amides is 1. The number of carbonyl (C=O) groups is 1. The maximum absolute atomic E-state index is 13.5. The number of piperazine rings is 1. The minimum Gasteiger partial charge on any atom is -0.343 e. The van der Waals surface area contributed by atoms with Crippen LogP contribution in [0.4, 0.5) is 8.78 Å². The van der Waals surface area contributed by atoms with Crippen LogP contribution in [0.2, 0.25) is 0 Å². The van der Waals surface area contributed by atoms with Crippen LogP contribution in [0.3, 0.4) is 0 Å². The second-order valence-corrected chi connectivity index (χ2v) is 7.90. The van der Waals surface area contributed by atoms with E-state index in [-0.39, 0.29) is 5.91 Å². The number of nitrogens with one attached hydrogen (secondary N) is 2. The van der Waals surface area contributed by atoms with Gasteiger partial charge in [-0.25, -0.2) is 13.8 Å². The predicted octanol–water partition coefficient (Wildman–Crippen LogP) is 1.92. The summed E-state index contributed by atoms with van der Waals surface area (Å²) in [4.78, 5) is 19.0. The summed E-state index contributed by atoms with van der Waals surface area (Å²) in [5, 5.41) is 6.13. The fourth-order valence-electron chi connectivity index (χ4n) is 3.62. The van der Waals surface area contributed by atoms with Crippen molar-refractivity contribution in [3.63, 3.8) is 0 Å². The number of pyridine rings is 1. The number of hydrogen-bond donors (Lipinski definition) is 2. The number of halogens is 2. The molecule has 27 heavy (non-hydrogen) atoms. The summed E-state index contributed by atoms with van der Waals surface area (Å²) in [6, 6.07) is 3.29. The quantitative estimate of drug-likeness (QED) is 0.833. The van der Waals surface area contributed by atoms with Gasteiger partial charge in [0.2, 0.25) is 5.91 Å². The van der Waals surface area contributed by atoms with E-state index in [9.17, 15) is 13.6 Å². The molecule has 0 unspecified atom stereocenters. The van der Waals surface area contributed by atoms with Crippen LogP contribution in [0.25, 0.3) is 5.52 Å². The monoisotopic (exact) mass is 379 g/mol. The third-order valence-electron chi connectivity index (χ3n) is 4.91. The lowest BCUT2D eigenvalue weighted by Crippen LogP contribution is -2.61. The van der Waals surface area contributed by atoms with Gasteiger partial charge in [0.25, 0.3) is 5.92 Å². The van der Waals surface area contributed by atoms with Gasteiger partial charge in [-0.2, -0.15) is 0 Å². The van der Waals surface area contributed by atoms with Gasteiger partial charge in [0.05, 0.1) is 23.8 Å². The fraction of sp³-hybridized carbons (Fsp3) is 0.579. The van der Waals surface area contributed by atoms with Gasteiger partial charge in [-0.3, -0.25) is 9.69 Å². The van der Waals surface area contributed by atoms with E-state index in [0.29, 0.717) is 25.5 Å². The molecule has 1 aliphatic heterocycles. The molecule has 0 spiro atoms. The first-order valence-corrected chi connectivity index (χ1v) is 9.16. The molecule has 0 radical (unpaired) electrons. The molecule has 1 fully saturated rings. The zero-order valence-electron chi connectivity index (χ0n) is 16.2. The molecule has 148 valence electrons. The van der Waals surface area contributed by atoms with Crippen molar-refractivity contribution < 1.29 is 13.6 Å². The van der Waals surface area contributed by atoms with Crippen LogP contribution in [-0.4, -0.2) is 58.3 Å². The van der Waals surface area contributed by atoms with Gasteiger partial charge in [-0.1, -0.05) is 6.07 Å². The Morgan fingerprint density at radius 2 is 2.15 bits per heavy atom. The first-order chi connectivity index (χ1) is 12.6. The van der Waals surface area contributed by atoms with E-state index in [1.165, 1.54) is 0 Å². The highest BCUT2D eigenvalue weighted by Crippen LogP contribution is 2.23. The highest BCUT2D eigenvalue weighted by molar-refractivity contribution is 5.83. The van der Waals surface area contributed by atoms with Crippen molar-refractivity contribution in [2.24, 2.45) is 0 Å². The van der Waals surface area contributed by atoms with Crippen molar-refractivity contribution in [2.75, 3.05) is 26.2 Å². The average molecular weight is 379 g/mol. The number of imidazole rings is 1. The minimum absolute atomic E-state index is 0.277. The highest BCUT2D eigenvalue weighted by atomic mass is 19.3. The SMILES string of the molecule is Cc1cccn2c(C(C)(C)NC(=O)[C@@H]3CNCCN3CC(C)(F)F)ncc12. The number of carbonyl (C=O) groups excluding carboxylic acids is 1. The van der Waals surface area contributed by atoms with Gasteiger partial charge >= 0.3 is 0 Å². The maximum Gasteiger partial charge on any atom is 0.257 e. The van der Waals surface area contributed by atoms with Crippen molar-refractivity contribution in [3.05, 3.63) is 35.9 Å². The summed E-state index contributed by atoms with van der Waals surface area (Å²) in [6.07, 6.45) is 3.69. The Hall–Kier alpha value is -2.06. The summed E-state index contributed by atoms with van der Waals surface area (Å²) in [5.41, 5.74) is 1.31. The summed E-state index contributed by atoms with van der Waals surface area (Å²) >= 11 is 0. The van der Waals surface area contributed by atoms with E-state index in [1.54, 1.807) is 11.1 Å². The standard InChI is InChI=1S/C19H27F2N5O/c1-13-6-5-8-26-14(13)11-23-17(26)18(2,3)24-16(27)15-10-22-7-9-25(15)12-19(4,20)21/h5-6,8,11,15,22H,7,9-10,12H2,1-4H3,(H,24,27)/t15-/m0/s1. The largest absolute Gasteiger partial charge is 0.343 e. The van der Waals surface area contributed by atoms with Gasteiger partial charge in [0.15, 0.2) is 0 Å². The number of nitrogens with zero attached hydrogens (tertiary/aromatic N) is 3. The molecule has 2 aromatic rings. The summed E-state index contributed by atoms with van der Waals surface area (Å²) in [5.74, 6) is -2.42. The van der Waals surface area contributed by atoms with Crippen LogP contribution in [0.5, 0.6) is 0 Å². The molecule has 2 aromatic heterocycles. The van der Waals surface area contributed by atoms with Crippen LogP contribution in [0.1, 0.15) is 32.2 Å². The summed E-state index contributed by atoms with van der Waals surface area (Å²) < 4.78 is 29.0. The molecular formula is C19H27F2N5O. The molecule has 0 saturated carbocycles.